The maximum atomic E-state index is 12.3. The number of carbonyl (C=O) groups is 1. The maximum absolute atomic E-state index is 12.3. The van der Waals surface area contributed by atoms with E-state index in [-0.39, 0.29) is 5.91 Å². The number of nitrogen functional groups attached to an aromatic ring is 1. The number of benzene rings is 2. The second kappa shape index (κ2) is 6.27. The summed E-state index contributed by atoms with van der Waals surface area (Å²) < 4.78 is 0. The van der Waals surface area contributed by atoms with E-state index in [0.29, 0.717) is 27.5 Å². The molecule has 0 aliphatic rings. The Bertz CT molecular complexity index is 737. The molecule has 0 saturated heterocycles. The zero-order valence-corrected chi connectivity index (χ0v) is 12.0. The second-order valence-electron chi connectivity index (χ2n) is 4.45. The summed E-state index contributed by atoms with van der Waals surface area (Å²) in [6.07, 6.45) is 0. The van der Waals surface area contributed by atoms with E-state index in [1.54, 1.807) is 30.3 Å². The fourth-order valence-corrected chi connectivity index (χ4v) is 2.05. The van der Waals surface area contributed by atoms with Crippen LogP contribution < -0.4 is 16.6 Å². The van der Waals surface area contributed by atoms with E-state index in [1.807, 2.05) is 13.0 Å². The summed E-state index contributed by atoms with van der Waals surface area (Å²) in [4.78, 5) is 12.3. The van der Waals surface area contributed by atoms with Crippen molar-refractivity contribution in [2.45, 2.75) is 6.92 Å². The van der Waals surface area contributed by atoms with Crippen molar-refractivity contribution in [2.24, 2.45) is 5.84 Å². The molecule has 2 aromatic carbocycles. The van der Waals surface area contributed by atoms with Crippen LogP contribution in [0.1, 0.15) is 21.5 Å². The number of rotatable bonds is 3. The van der Waals surface area contributed by atoms with Gasteiger partial charge in [0, 0.05) is 5.02 Å². The molecule has 0 aliphatic carbocycles. The summed E-state index contributed by atoms with van der Waals surface area (Å²) in [5.41, 5.74) is 5.05. The van der Waals surface area contributed by atoms with Gasteiger partial charge in [-0.1, -0.05) is 17.7 Å². The van der Waals surface area contributed by atoms with E-state index in [9.17, 15) is 4.79 Å². The Hall–Kier alpha value is -2.55. The Kier molecular flexibility index (Phi) is 4.43. The Morgan fingerprint density at radius 3 is 2.67 bits per heavy atom. The maximum Gasteiger partial charge on any atom is 0.257 e. The molecule has 1 amide bonds. The lowest BCUT2D eigenvalue weighted by atomic mass is 10.1. The van der Waals surface area contributed by atoms with Gasteiger partial charge < -0.3 is 10.7 Å². The second-order valence-corrected chi connectivity index (χ2v) is 4.89. The first kappa shape index (κ1) is 14.9. The van der Waals surface area contributed by atoms with Crippen LogP contribution in [0.3, 0.4) is 0 Å². The summed E-state index contributed by atoms with van der Waals surface area (Å²) in [6.45, 7) is 1.90. The molecule has 0 spiro atoms. The number of hydrogen-bond acceptors (Lipinski definition) is 4. The number of halogens is 1. The molecule has 2 rings (SSSR count). The summed E-state index contributed by atoms with van der Waals surface area (Å²) in [5, 5.41) is 12.2. The molecule has 6 heteroatoms. The van der Waals surface area contributed by atoms with Gasteiger partial charge in [-0.15, -0.1) is 0 Å². The molecule has 5 nitrogen and oxygen atoms in total. The largest absolute Gasteiger partial charge is 0.323 e. The molecule has 2 aromatic rings. The number of nitrogens with zero attached hydrogens (tertiary/aromatic N) is 1. The number of nitrogens with one attached hydrogen (secondary N) is 2. The van der Waals surface area contributed by atoms with Crippen LogP contribution in [0.4, 0.5) is 11.4 Å². The first-order chi connectivity index (χ1) is 10.0. The van der Waals surface area contributed by atoms with Gasteiger partial charge in [0.2, 0.25) is 0 Å². The Balaban J connectivity index is 2.35. The summed E-state index contributed by atoms with van der Waals surface area (Å²) in [7, 11) is 0. The van der Waals surface area contributed by atoms with E-state index in [0.717, 1.165) is 5.56 Å². The molecule has 106 valence electrons. The molecule has 4 N–H and O–H groups in total. The number of amides is 1. The van der Waals surface area contributed by atoms with Gasteiger partial charge in [-0.3, -0.25) is 10.6 Å². The average Bonchev–Trinajstić information content (AvgIpc) is 2.47. The molecule has 0 unspecified atom stereocenters. The highest BCUT2D eigenvalue weighted by Crippen LogP contribution is 2.23. The minimum atomic E-state index is -0.373. The van der Waals surface area contributed by atoms with E-state index in [4.69, 9.17) is 22.7 Å². The minimum absolute atomic E-state index is 0.335. The predicted octanol–water partition coefficient (Wildman–Crippen LogP) is 3.06. The van der Waals surface area contributed by atoms with Crippen LogP contribution in [-0.2, 0) is 0 Å². The van der Waals surface area contributed by atoms with Crippen LogP contribution in [0.25, 0.3) is 0 Å². The van der Waals surface area contributed by atoms with Crippen LogP contribution in [0.2, 0.25) is 5.02 Å². The Labute approximate surface area is 127 Å². The first-order valence-corrected chi connectivity index (χ1v) is 6.51. The van der Waals surface area contributed by atoms with Gasteiger partial charge in [-0.25, -0.2) is 0 Å². The summed E-state index contributed by atoms with van der Waals surface area (Å²) >= 11 is 5.89. The molecule has 0 atom stereocenters. The van der Waals surface area contributed by atoms with Gasteiger partial charge in [0.25, 0.3) is 5.91 Å². The van der Waals surface area contributed by atoms with Gasteiger partial charge in [-0.05, 0) is 42.8 Å². The van der Waals surface area contributed by atoms with Gasteiger partial charge in [-0.2, -0.15) is 5.26 Å². The molecule has 0 aliphatic heterocycles. The fourth-order valence-electron chi connectivity index (χ4n) is 1.88. The summed E-state index contributed by atoms with van der Waals surface area (Å²) in [6, 6.07) is 11.9. The zero-order valence-electron chi connectivity index (χ0n) is 11.3. The van der Waals surface area contributed by atoms with Crippen molar-refractivity contribution in [1.29, 1.82) is 5.26 Å². The van der Waals surface area contributed by atoms with Crippen LogP contribution in [-0.4, -0.2) is 5.91 Å². The molecule has 21 heavy (non-hydrogen) atoms. The minimum Gasteiger partial charge on any atom is -0.323 e. The molecule has 0 saturated carbocycles. The van der Waals surface area contributed by atoms with Gasteiger partial charge in [0.05, 0.1) is 22.5 Å². The van der Waals surface area contributed by atoms with Crippen LogP contribution in [0, 0.1) is 18.3 Å². The van der Waals surface area contributed by atoms with Gasteiger partial charge in [0.1, 0.15) is 6.07 Å². The van der Waals surface area contributed by atoms with Crippen LogP contribution in [0.5, 0.6) is 0 Å². The third kappa shape index (κ3) is 3.31. The van der Waals surface area contributed by atoms with E-state index in [1.165, 1.54) is 6.07 Å². The monoisotopic (exact) mass is 300 g/mol. The zero-order chi connectivity index (χ0) is 15.4. The third-order valence-electron chi connectivity index (χ3n) is 2.93. The van der Waals surface area contributed by atoms with Crippen LogP contribution in [0.15, 0.2) is 36.4 Å². The average molecular weight is 301 g/mol. The predicted molar refractivity (Wildman–Crippen MR) is 83.1 cm³/mol. The number of nitriles is 1. The van der Waals surface area contributed by atoms with E-state index < -0.39 is 0 Å². The highest BCUT2D eigenvalue weighted by molar-refractivity contribution is 6.31. The topological polar surface area (TPSA) is 90.9 Å². The van der Waals surface area contributed by atoms with Crippen molar-refractivity contribution < 1.29 is 4.79 Å². The number of nitrogens with two attached hydrogens (primary N) is 1. The Morgan fingerprint density at radius 2 is 2.00 bits per heavy atom. The van der Waals surface area contributed by atoms with Crippen molar-refractivity contribution in [1.82, 2.24) is 0 Å². The lowest BCUT2D eigenvalue weighted by Crippen LogP contribution is -2.18. The van der Waals surface area contributed by atoms with E-state index >= 15 is 0 Å². The molecule has 0 heterocycles. The van der Waals surface area contributed by atoms with Crippen molar-refractivity contribution in [3.05, 3.63) is 58.1 Å². The first-order valence-electron chi connectivity index (χ1n) is 6.13. The third-order valence-corrected chi connectivity index (χ3v) is 3.16. The highest BCUT2D eigenvalue weighted by atomic mass is 35.5. The number of hydrogen-bond donors (Lipinski definition) is 3. The van der Waals surface area contributed by atoms with Crippen molar-refractivity contribution in [3.63, 3.8) is 0 Å². The Morgan fingerprint density at radius 1 is 1.24 bits per heavy atom. The normalized spacial score (nSPS) is 9.81. The lowest BCUT2D eigenvalue weighted by molar-refractivity contribution is 0.102. The van der Waals surface area contributed by atoms with Crippen molar-refractivity contribution in [2.75, 3.05) is 10.7 Å². The molecular formula is C15H13ClN4O. The molecule has 0 radical (unpaired) electrons. The van der Waals surface area contributed by atoms with Crippen LogP contribution >= 0.6 is 11.6 Å². The number of anilines is 2. The molecular weight excluding hydrogens is 288 g/mol. The fraction of sp³-hybridized carbons (Fsp3) is 0.0667. The smallest absolute Gasteiger partial charge is 0.257 e. The highest BCUT2D eigenvalue weighted by Gasteiger charge is 2.13. The van der Waals surface area contributed by atoms with Gasteiger partial charge >= 0.3 is 0 Å². The standard InChI is InChI=1S/C15H13ClN4O/c1-9-2-5-12(14(6-9)20-18)15(21)19-13-7-11(16)4-3-10(13)8-17/h2-7,20H,18H2,1H3,(H,19,21). The molecule has 0 fully saturated rings. The van der Waals surface area contributed by atoms with Crippen molar-refractivity contribution in [3.8, 4) is 6.07 Å². The quantitative estimate of drug-likeness (QED) is 0.600. The lowest BCUT2D eigenvalue weighted by Gasteiger charge is -2.11. The number of carbonyl (C=O) groups excluding carboxylic acids is 1. The van der Waals surface area contributed by atoms with Crippen molar-refractivity contribution >= 4 is 28.9 Å². The SMILES string of the molecule is Cc1ccc(C(=O)Nc2cc(Cl)ccc2C#N)c(NN)c1. The summed E-state index contributed by atoms with van der Waals surface area (Å²) in [5.74, 6) is 5.05. The number of aryl methyl sites for hydroxylation is 1. The van der Waals surface area contributed by atoms with Gasteiger partial charge in [0.15, 0.2) is 0 Å². The molecule has 0 bridgehead atoms. The van der Waals surface area contributed by atoms with E-state index in [2.05, 4.69) is 10.7 Å². The molecule has 0 aromatic heterocycles. The number of hydrazine groups is 1.